The quantitative estimate of drug-likeness (QED) is 0.848. The van der Waals surface area contributed by atoms with Crippen molar-refractivity contribution in [1.29, 1.82) is 0 Å². The SMILES string of the molecule is CN1CCC(Cc2ccncc2)C1=O.Cc1ccccc1. The van der Waals surface area contributed by atoms with Crippen molar-refractivity contribution in [3.05, 3.63) is 66.0 Å². The third-order valence-corrected chi connectivity index (χ3v) is 3.71. The van der Waals surface area contributed by atoms with Gasteiger partial charge in [-0.1, -0.05) is 35.9 Å². The third kappa shape index (κ3) is 4.71. The maximum absolute atomic E-state index is 11.6. The molecule has 2 aromatic rings. The molecule has 1 amide bonds. The van der Waals surface area contributed by atoms with Gasteiger partial charge in [-0.3, -0.25) is 9.78 Å². The summed E-state index contributed by atoms with van der Waals surface area (Å²) in [5, 5.41) is 0. The maximum atomic E-state index is 11.6. The van der Waals surface area contributed by atoms with Crippen molar-refractivity contribution < 1.29 is 4.79 Å². The number of aromatic nitrogens is 1. The molecule has 3 rings (SSSR count). The first kappa shape index (κ1) is 15.2. The molecule has 110 valence electrons. The van der Waals surface area contributed by atoms with E-state index in [1.165, 1.54) is 11.1 Å². The number of benzene rings is 1. The predicted molar refractivity (Wildman–Crippen MR) is 84.9 cm³/mol. The number of hydrogen-bond donors (Lipinski definition) is 0. The topological polar surface area (TPSA) is 33.2 Å². The fraction of sp³-hybridized carbons (Fsp3) is 0.333. The van der Waals surface area contributed by atoms with Crippen LogP contribution in [0.1, 0.15) is 17.5 Å². The lowest BCUT2D eigenvalue weighted by molar-refractivity contribution is -0.129. The van der Waals surface area contributed by atoms with Gasteiger partial charge < -0.3 is 4.90 Å². The Bertz CT molecular complexity index is 554. The molecule has 3 nitrogen and oxygen atoms in total. The molecule has 1 aromatic carbocycles. The fourth-order valence-electron chi connectivity index (χ4n) is 2.42. The van der Waals surface area contributed by atoms with Gasteiger partial charge in [0.2, 0.25) is 5.91 Å². The molecule has 0 radical (unpaired) electrons. The van der Waals surface area contributed by atoms with Gasteiger partial charge >= 0.3 is 0 Å². The van der Waals surface area contributed by atoms with Crippen molar-refractivity contribution in [2.45, 2.75) is 19.8 Å². The zero-order valence-electron chi connectivity index (χ0n) is 12.7. The van der Waals surface area contributed by atoms with Gasteiger partial charge in [0.1, 0.15) is 0 Å². The lowest BCUT2D eigenvalue weighted by Crippen LogP contribution is -2.23. The average Bonchev–Trinajstić information content (AvgIpc) is 2.82. The number of carbonyl (C=O) groups is 1. The van der Waals surface area contributed by atoms with Crippen molar-refractivity contribution >= 4 is 5.91 Å². The standard InChI is InChI=1S/C11H14N2O.C7H8/c1-13-7-4-10(11(13)14)8-9-2-5-12-6-3-9;1-7-5-3-2-4-6-7/h2-3,5-6,10H,4,7-8H2,1H3;2-6H,1H3. The lowest BCUT2D eigenvalue weighted by Gasteiger charge is -2.09. The summed E-state index contributed by atoms with van der Waals surface area (Å²) in [6.07, 6.45) is 5.39. The van der Waals surface area contributed by atoms with E-state index in [-0.39, 0.29) is 11.8 Å². The molecular weight excluding hydrogens is 260 g/mol. The average molecular weight is 282 g/mol. The van der Waals surface area contributed by atoms with Gasteiger partial charge in [0, 0.05) is 31.9 Å². The minimum atomic E-state index is 0.183. The van der Waals surface area contributed by atoms with E-state index in [4.69, 9.17) is 0 Å². The van der Waals surface area contributed by atoms with Crippen molar-refractivity contribution in [3.63, 3.8) is 0 Å². The van der Waals surface area contributed by atoms with Gasteiger partial charge in [-0.25, -0.2) is 0 Å². The molecular formula is C18H22N2O. The van der Waals surface area contributed by atoms with E-state index in [0.29, 0.717) is 0 Å². The Kier molecular flexibility index (Phi) is 5.50. The first-order valence-electron chi connectivity index (χ1n) is 7.32. The normalized spacial score (nSPS) is 17.3. The van der Waals surface area contributed by atoms with Crippen molar-refractivity contribution in [2.75, 3.05) is 13.6 Å². The highest BCUT2D eigenvalue weighted by Crippen LogP contribution is 2.20. The van der Waals surface area contributed by atoms with Gasteiger partial charge in [-0.2, -0.15) is 0 Å². The summed E-state index contributed by atoms with van der Waals surface area (Å²) in [6, 6.07) is 14.2. The molecule has 0 N–H and O–H groups in total. The van der Waals surface area contributed by atoms with Crippen LogP contribution in [-0.2, 0) is 11.2 Å². The van der Waals surface area contributed by atoms with Crippen LogP contribution in [0.3, 0.4) is 0 Å². The zero-order chi connectivity index (χ0) is 15.1. The van der Waals surface area contributed by atoms with E-state index in [2.05, 4.69) is 24.0 Å². The molecule has 21 heavy (non-hydrogen) atoms. The first-order valence-corrected chi connectivity index (χ1v) is 7.32. The number of aryl methyl sites for hydroxylation is 1. The van der Waals surface area contributed by atoms with Crippen LogP contribution < -0.4 is 0 Å². The molecule has 2 heterocycles. The van der Waals surface area contributed by atoms with Crippen molar-refractivity contribution in [3.8, 4) is 0 Å². The summed E-state index contributed by atoms with van der Waals surface area (Å²) in [5.41, 5.74) is 2.52. The Morgan fingerprint density at radius 1 is 1.14 bits per heavy atom. The number of pyridine rings is 1. The number of rotatable bonds is 2. The monoisotopic (exact) mass is 282 g/mol. The van der Waals surface area contributed by atoms with Crippen LogP contribution in [0.15, 0.2) is 54.9 Å². The minimum absolute atomic E-state index is 0.183. The molecule has 1 aliphatic rings. The molecule has 3 heteroatoms. The summed E-state index contributed by atoms with van der Waals surface area (Å²) in [6.45, 7) is 2.98. The highest BCUT2D eigenvalue weighted by Gasteiger charge is 2.28. The number of nitrogens with zero attached hydrogens (tertiary/aromatic N) is 2. The molecule has 0 aliphatic carbocycles. The summed E-state index contributed by atoms with van der Waals surface area (Å²) in [7, 11) is 1.87. The summed E-state index contributed by atoms with van der Waals surface area (Å²) >= 11 is 0. The van der Waals surface area contributed by atoms with Crippen LogP contribution in [0, 0.1) is 12.8 Å². The third-order valence-electron chi connectivity index (χ3n) is 3.71. The molecule has 1 unspecified atom stereocenters. The molecule has 1 fully saturated rings. The van der Waals surface area contributed by atoms with E-state index in [9.17, 15) is 4.79 Å². The van der Waals surface area contributed by atoms with Crippen LogP contribution in [-0.4, -0.2) is 29.4 Å². The van der Waals surface area contributed by atoms with Crippen LogP contribution in [0.25, 0.3) is 0 Å². The second kappa shape index (κ2) is 7.58. The Morgan fingerprint density at radius 3 is 2.29 bits per heavy atom. The molecule has 1 aliphatic heterocycles. The van der Waals surface area contributed by atoms with E-state index in [1.54, 1.807) is 12.4 Å². The second-order valence-corrected chi connectivity index (χ2v) is 5.46. The first-order chi connectivity index (χ1) is 10.2. The van der Waals surface area contributed by atoms with E-state index >= 15 is 0 Å². The fourth-order valence-corrected chi connectivity index (χ4v) is 2.42. The smallest absolute Gasteiger partial charge is 0.225 e. The van der Waals surface area contributed by atoms with E-state index in [0.717, 1.165) is 19.4 Å². The van der Waals surface area contributed by atoms with E-state index in [1.807, 2.05) is 42.3 Å². The predicted octanol–water partition coefficient (Wildman–Crippen LogP) is 3.10. The minimum Gasteiger partial charge on any atom is -0.345 e. The zero-order valence-corrected chi connectivity index (χ0v) is 12.7. The van der Waals surface area contributed by atoms with Crippen LogP contribution >= 0.6 is 0 Å². The summed E-state index contributed by atoms with van der Waals surface area (Å²) < 4.78 is 0. The second-order valence-electron chi connectivity index (χ2n) is 5.46. The Hall–Kier alpha value is -2.16. The molecule has 1 atom stereocenters. The number of hydrogen-bond acceptors (Lipinski definition) is 2. The number of amides is 1. The van der Waals surface area contributed by atoms with Crippen LogP contribution in [0.2, 0.25) is 0 Å². The molecule has 0 bridgehead atoms. The molecule has 1 aromatic heterocycles. The Morgan fingerprint density at radius 2 is 1.81 bits per heavy atom. The number of carbonyl (C=O) groups excluding carboxylic acids is 1. The lowest BCUT2D eigenvalue weighted by atomic mass is 9.99. The highest BCUT2D eigenvalue weighted by atomic mass is 16.2. The molecule has 0 saturated carbocycles. The summed E-state index contributed by atoms with van der Waals surface area (Å²) in [4.78, 5) is 17.4. The Labute approximate surface area is 126 Å². The van der Waals surface area contributed by atoms with Gasteiger partial charge in [0.25, 0.3) is 0 Å². The maximum Gasteiger partial charge on any atom is 0.225 e. The summed E-state index contributed by atoms with van der Waals surface area (Å²) in [5.74, 6) is 0.462. The van der Waals surface area contributed by atoms with Crippen molar-refractivity contribution in [1.82, 2.24) is 9.88 Å². The van der Waals surface area contributed by atoms with Crippen molar-refractivity contribution in [2.24, 2.45) is 5.92 Å². The van der Waals surface area contributed by atoms with E-state index < -0.39 is 0 Å². The molecule has 0 spiro atoms. The van der Waals surface area contributed by atoms with Gasteiger partial charge in [0.05, 0.1) is 0 Å². The highest BCUT2D eigenvalue weighted by molar-refractivity contribution is 5.80. The largest absolute Gasteiger partial charge is 0.345 e. The Balaban J connectivity index is 0.000000194. The van der Waals surface area contributed by atoms with Crippen LogP contribution in [0.5, 0.6) is 0 Å². The van der Waals surface area contributed by atoms with Gasteiger partial charge in [-0.05, 0) is 37.5 Å². The number of likely N-dealkylation sites (tertiary alicyclic amines) is 1. The van der Waals surface area contributed by atoms with Crippen LogP contribution in [0.4, 0.5) is 0 Å². The van der Waals surface area contributed by atoms with Gasteiger partial charge in [0.15, 0.2) is 0 Å². The molecule has 1 saturated heterocycles. The van der Waals surface area contributed by atoms with Gasteiger partial charge in [-0.15, -0.1) is 0 Å².